The maximum absolute atomic E-state index is 12.9. The first kappa shape index (κ1) is 18.7. The summed E-state index contributed by atoms with van der Waals surface area (Å²) in [5.74, 6) is -0.695. The molecule has 4 rings (SSSR count). The number of carbonyl (C=O) groups excluding carboxylic acids is 2. The number of fused-ring (bicyclic) bond motifs is 3. The number of aromatic amines is 1. The Morgan fingerprint density at radius 3 is 2.79 bits per heavy atom. The van der Waals surface area contributed by atoms with E-state index in [0.29, 0.717) is 13.1 Å². The van der Waals surface area contributed by atoms with Crippen molar-refractivity contribution >= 4 is 28.4 Å². The summed E-state index contributed by atoms with van der Waals surface area (Å²) in [6.45, 7) is 2.67. The normalized spacial score (nSPS) is 14.3. The van der Waals surface area contributed by atoms with Gasteiger partial charge in [-0.25, -0.2) is 0 Å². The summed E-state index contributed by atoms with van der Waals surface area (Å²) in [5.41, 5.74) is 3.29. The highest BCUT2D eigenvalue weighted by molar-refractivity contribution is 5.98. The van der Waals surface area contributed by atoms with Crippen LogP contribution in [0.4, 0.5) is 5.69 Å². The highest BCUT2D eigenvalue weighted by Crippen LogP contribution is 2.27. The van der Waals surface area contributed by atoms with E-state index in [4.69, 9.17) is 0 Å². The van der Waals surface area contributed by atoms with Crippen LogP contribution in [0.3, 0.4) is 0 Å². The van der Waals surface area contributed by atoms with E-state index in [0.717, 1.165) is 28.6 Å². The Kier molecular flexibility index (Phi) is 4.75. The quantitative estimate of drug-likeness (QED) is 0.526. The highest BCUT2D eigenvalue weighted by atomic mass is 16.6. The van der Waals surface area contributed by atoms with E-state index in [-0.39, 0.29) is 17.2 Å². The molecule has 0 bridgehead atoms. The fourth-order valence-electron chi connectivity index (χ4n) is 3.73. The number of nitro benzene ring substituents is 1. The topological polar surface area (TPSA) is 108 Å². The van der Waals surface area contributed by atoms with Crippen molar-refractivity contribution in [1.82, 2.24) is 15.2 Å². The number of aromatic nitrogens is 1. The van der Waals surface area contributed by atoms with Gasteiger partial charge in [-0.15, -0.1) is 0 Å². The number of para-hydroxylation sites is 1. The lowest BCUT2D eigenvalue weighted by atomic mass is 10.0. The molecule has 0 saturated heterocycles. The average molecular weight is 392 g/mol. The number of non-ortho nitro benzene ring substituents is 1. The Balaban J connectivity index is 1.46. The summed E-state index contributed by atoms with van der Waals surface area (Å²) in [4.78, 5) is 40.8. The Hall–Kier alpha value is -3.68. The summed E-state index contributed by atoms with van der Waals surface area (Å²) >= 11 is 0. The number of hydrogen-bond donors (Lipinski definition) is 2. The molecule has 29 heavy (non-hydrogen) atoms. The van der Waals surface area contributed by atoms with E-state index >= 15 is 0 Å². The first-order valence-electron chi connectivity index (χ1n) is 9.36. The molecule has 1 aliphatic heterocycles. The van der Waals surface area contributed by atoms with Gasteiger partial charge in [0.15, 0.2) is 0 Å². The van der Waals surface area contributed by atoms with Crippen molar-refractivity contribution in [2.24, 2.45) is 0 Å². The zero-order valence-corrected chi connectivity index (χ0v) is 15.8. The number of hydrogen-bond acceptors (Lipinski definition) is 4. The number of nitro groups is 1. The summed E-state index contributed by atoms with van der Waals surface area (Å²) in [6.07, 6.45) is 0.724. The van der Waals surface area contributed by atoms with Gasteiger partial charge in [-0.1, -0.05) is 24.3 Å². The number of benzene rings is 2. The molecule has 3 aromatic rings. The van der Waals surface area contributed by atoms with Crippen molar-refractivity contribution in [3.8, 4) is 0 Å². The maximum Gasteiger partial charge on any atom is 0.270 e. The number of nitrogens with one attached hydrogen (secondary N) is 2. The molecule has 0 unspecified atom stereocenters. The minimum absolute atomic E-state index is 0.149. The van der Waals surface area contributed by atoms with Gasteiger partial charge >= 0.3 is 0 Å². The van der Waals surface area contributed by atoms with Crippen LogP contribution in [0.15, 0.2) is 48.5 Å². The Labute approximate surface area is 166 Å². The number of rotatable bonds is 4. The molecule has 2 aromatic carbocycles. The predicted molar refractivity (Wildman–Crippen MR) is 107 cm³/mol. The van der Waals surface area contributed by atoms with Crippen LogP contribution in [0.1, 0.15) is 28.5 Å². The van der Waals surface area contributed by atoms with Gasteiger partial charge in [-0.3, -0.25) is 19.7 Å². The van der Waals surface area contributed by atoms with Crippen LogP contribution < -0.4 is 5.32 Å². The third kappa shape index (κ3) is 3.56. The average Bonchev–Trinajstić information content (AvgIpc) is 3.11. The Morgan fingerprint density at radius 2 is 2.00 bits per heavy atom. The Morgan fingerprint density at radius 1 is 1.21 bits per heavy atom. The van der Waals surface area contributed by atoms with Crippen LogP contribution in [0, 0.1) is 10.1 Å². The molecule has 8 nitrogen and oxygen atoms in total. The van der Waals surface area contributed by atoms with E-state index in [1.54, 1.807) is 11.8 Å². The van der Waals surface area contributed by atoms with Gasteiger partial charge in [0, 0.05) is 59.4 Å². The molecule has 8 heteroatoms. The molecule has 2 amide bonds. The van der Waals surface area contributed by atoms with Gasteiger partial charge < -0.3 is 15.2 Å². The van der Waals surface area contributed by atoms with Crippen LogP contribution in [-0.4, -0.2) is 39.2 Å². The van der Waals surface area contributed by atoms with Crippen LogP contribution >= 0.6 is 0 Å². The van der Waals surface area contributed by atoms with E-state index in [9.17, 15) is 19.7 Å². The zero-order valence-electron chi connectivity index (χ0n) is 15.8. The summed E-state index contributed by atoms with van der Waals surface area (Å²) in [7, 11) is 0. The minimum atomic E-state index is -0.742. The summed E-state index contributed by atoms with van der Waals surface area (Å²) in [6, 6.07) is 12.7. The molecule has 1 aliphatic rings. The number of amides is 2. The van der Waals surface area contributed by atoms with E-state index in [1.807, 2.05) is 24.3 Å². The molecule has 2 heterocycles. The smallest absolute Gasteiger partial charge is 0.270 e. The van der Waals surface area contributed by atoms with Crippen molar-refractivity contribution in [2.75, 3.05) is 6.54 Å². The second-order valence-electron chi connectivity index (χ2n) is 7.14. The molecule has 0 spiro atoms. The van der Waals surface area contributed by atoms with Gasteiger partial charge in [-0.2, -0.15) is 0 Å². The molecular formula is C21H20N4O4. The van der Waals surface area contributed by atoms with E-state index in [1.165, 1.54) is 24.3 Å². The first-order chi connectivity index (χ1) is 13.9. The lowest BCUT2D eigenvalue weighted by Crippen LogP contribution is -2.48. The lowest BCUT2D eigenvalue weighted by molar-refractivity contribution is -0.384. The van der Waals surface area contributed by atoms with Gasteiger partial charge in [0.05, 0.1) is 4.92 Å². The monoisotopic (exact) mass is 392 g/mol. The van der Waals surface area contributed by atoms with Crippen molar-refractivity contribution in [3.63, 3.8) is 0 Å². The lowest BCUT2D eigenvalue weighted by Gasteiger charge is -2.30. The largest absolute Gasteiger partial charge is 0.358 e. The molecule has 0 radical (unpaired) electrons. The second kappa shape index (κ2) is 7.38. The fourth-order valence-corrected chi connectivity index (χ4v) is 3.73. The van der Waals surface area contributed by atoms with E-state index in [2.05, 4.69) is 10.3 Å². The van der Waals surface area contributed by atoms with Crippen molar-refractivity contribution in [2.45, 2.75) is 25.9 Å². The molecule has 1 aromatic heterocycles. The molecular weight excluding hydrogens is 372 g/mol. The third-order valence-electron chi connectivity index (χ3n) is 5.23. The molecule has 0 fully saturated rings. The summed E-state index contributed by atoms with van der Waals surface area (Å²) in [5, 5.41) is 14.7. The highest BCUT2D eigenvalue weighted by Gasteiger charge is 2.28. The number of nitrogens with zero attached hydrogens (tertiary/aromatic N) is 2. The van der Waals surface area contributed by atoms with Crippen molar-refractivity contribution in [3.05, 3.63) is 75.5 Å². The maximum atomic E-state index is 12.9. The van der Waals surface area contributed by atoms with Crippen LogP contribution in [0.5, 0.6) is 0 Å². The van der Waals surface area contributed by atoms with Gasteiger partial charge in [-0.05, 0) is 19.1 Å². The summed E-state index contributed by atoms with van der Waals surface area (Å²) < 4.78 is 0. The van der Waals surface area contributed by atoms with Crippen LogP contribution in [0.2, 0.25) is 0 Å². The zero-order chi connectivity index (χ0) is 20.5. The molecule has 0 saturated carbocycles. The van der Waals surface area contributed by atoms with E-state index < -0.39 is 16.9 Å². The van der Waals surface area contributed by atoms with Crippen molar-refractivity contribution < 1.29 is 14.5 Å². The number of carbonyl (C=O) groups is 2. The van der Waals surface area contributed by atoms with Crippen LogP contribution in [-0.2, 0) is 17.8 Å². The fraction of sp³-hybridized carbons (Fsp3) is 0.238. The standard InChI is InChI=1S/C21H20N4O4/c1-13(22-20(26)14-5-4-6-15(11-14)25(28)29)21(27)24-10-9-19-17(12-24)16-7-2-3-8-18(16)23-19/h2-8,11,13,23H,9-10,12H2,1H3,(H,22,26)/t13-/m0/s1. The molecule has 148 valence electrons. The van der Waals surface area contributed by atoms with Gasteiger partial charge in [0.25, 0.3) is 11.6 Å². The second-order valence-corrected chi connectivity index (χ2v) is 7.14. The van der Waals surface area contributed by atoms with Crippen molar-refractivity contribution in [1.29, 1.82) is 0 Å². The molecule has 2 N–H and O–H groups in total. The number of H-pyrrole nitrogens is 1. The molecule has 0 aliphatic carbocycles. The SMILES string of the molecule is C[C@H](NC(=O)c1cccc([N+](=O)[O-])c1)C(=O)N1CCc2[nH]c3ccccc3c2C1. The molecule has 1 atom stereocenters. The predicted octanol–water partition coefficient (Wildman–Crippen LogP) is 2.78. The minimum Gasteiger partial charge on any atom is -0.358 e. The first-order valence-corrected chi connectivity index (χ1v) is 9.36. The third-order valence-corrected chi connectivity index (χ3v) is 5.23. The Bertz CT molecular complexity index is 1120. The van der Waals surface area contributed by atoms with Gasteiger partial charge in [0.2, 0.25) is 5.91 Å². The van der Waals surface area contributed by atoms with Gasteiger partial charge in [0.1, 0.15) is 6.04 Å². The van der Waals surface area contributed by atoms with Crippen LogP contribution in [0.25, 0.3) is 10.9 Å².